The molecule has 0 radical (unpaired) electrons. The van der Waals surface area contributed by atoms with Crippen LogP contribution in [0.1, 0.15) is 311 Å². The first-order valence-corrected chi connectivity index (χ1v) is 44.4. The molecule has 0 aromatic heterocycles. The van der Waals surface area contributed by atoms with E-state index >= 15 is 0 Å². The van der Waals surface area contributed by atoms with Gasteiger partial charge in [0.2, 0.25) is 0 Å². The van der Waals surface area contributed by atoms with E-state index in [0.29, 0.717) is 39.7 Å². The molecule has 0 atom stereocenters. The molecule has 0 spiro atoms. The average Bonchev–Trinajstić information content (AvgIpc) is 1.80. The van der Waals surface area contributed by atoms with Gasteiger partial charge in [0, 0.05) is 50.0 Å². The van der Waals surface area contributed by atoms with E-state index < -0.39 is 52.7 Å². The lowest BCUT2D eigenvalue weighted by Gasteiger charge is -2.49. The Morgan fingerprint density at radius 3 is 0.571 bits per heavy atom. The van der Waals surface area contributed by atoms with Crippen LogP contribution < -0.4 is 0 Å². The van der Waals surface area contributed by atoms with Crippen molar-refractivity contribution in [2.45, 2.75) is 467 Å². The van der Waals surface area contributed by atoms with Gasteiger partial charge in [-0.3, -0.25) is 0 Å². The minimum atomic E-state index is -2.40. The summed E-state index contributed by atoms with van der Waals surface area (Å²) in [5, 5.41) is 0. The van der Waals surface area contributed by atoms with E-state index in [-0.39, 0.29) is 91.6 Å². The monoisotopic (exact) mass is 1380 g/mol. The van der Waals surface area contributed by atoms with Crippen LogP contribution in [0.2, 0.25) is 46.3 Å². The summed E-state index contributed by atoms with van der Waals surface area (Å²) >= 11 is 0. The predicted molar refractivity (Wildman–Crippen MR) is 395 cm³/mol. The molecule has 0 aromatic carbocycles. The Morgan fingerprint density at radius 1 is 0.242 bits per heavy atom. The van der Waals surface area contributed by atoms with E-state index in [1.165, 1.54) is 0 Å². The number of hydrogen-bond acceptors (Lipinski definition) is 16. The van der Waals surface area contributed by atoms with Crippen LogP contribution in [0.25, 0.3) is 0 Å². The fraction of sp³-hybridized carbons (Fsp3) is 1.00. The second-order valence-electron chi connectivity index (χ2n) is 30.3. The Kier molecular flexibility index (Phi) is 56.8. The Bertz CT molecular complexity index is 1510. The van der Waals surface area contributed by atoms with Crippen molar-refractivity contribution in [2.75, 3.05) is 0 Å². The third kappa shape index (κ3) is 51.1. The summed E-state index contributed by atoms with van der Waals surface area (Å²) in [5.41, 5.74) is 2.55. The molecule has 0 saturated carbocycles. The van der Waals surface area contributed by atoms with Crippen molar-refractivity contribution < 1.29 is 73.3 Å². The normalized spacial score (nSPS) is 13.5. The van der Waals surface area contributed by atoms with Gasteiger partial charge in [0.25, 0.3) is 18.4 Å². The summed E-state index contributed by atoms with van der Waals surface area (Å²) in [5.74, 6) is -1.83. The highest BCUT2D eigenvalue weighted by atomic mass is 28.5. The zero-order valence-corrected chi connectivity index (χ0v) is 72.9. The van der Waals surface area contributed by atoms with Gasteiger partial charge in [-0.2, -0.15) is 0 Å². The predicted octanol–water partition coefficient (Wildman–Crippen LogP) is 21.8. The topological polar surface area (TPSA) is 148 Å². The highest BCUT2D eigenvalue weighted by molar-refractivity contribution is 6.84. The maximum absolute atomic E-state index is 7.13. The quantitative estimate of drug-likeness (QED) is 0.0424. The maximum atomic E-state index is 7.13. The van der Waals surface area contributed by atoms with Gasteiger partial charge in [-0.15, -0.1) is 0 Å². The first kappa shape index (κ1) is 102. The van der Waals surface area contributed by atoms with Crippen LogP contribution in [0, 0.1) is 0 Å². The van der Waals surface area contributed by atoms with Crippen LogP contribution in [-0.4, -0.2) is 144 Å². The van der Waals surface area contributed by atoms with Crippen molar-refractivity contribution >= 4 is 34.2 Å². The molecule has 16 nitrogen and oxygen atoms in total. The molecular formula is C71H162O16Si4. The molecule has 91 heavy (non-hydrogen) atoms. The smallest absolute Gasteiger partial charge is 0.343 e. The van der Waals surface area contributed by atoms with Gasteiger partial charge >= 0.3 is 34.2 Å². The fourth-order valence-electron chi connectivity index (χ4n) is 10.1. The van der Waals surface area contributed by atoms with Crippen molar-refractivity contribution in [3.05, 3.63) is 0 Å². The average molecular weight is 1380 g/mol. The standard InChI is InChI=1S/C18H42O3Si2.C12H26O3.C12H28O2Si.C11H24O3.C10H22O3.C8H20O2Si/c1-13(2)19-22(15(5)6,16(7)8)21-23(17(9)10,18(11)12)20-14(3)4;1-8-12(13-9(2)3,14-10(4)5)15-11(6)7;1-9(2)13-15(11(5)6,12(7)8)14-10(3)4;1-8(2)12-11(7,13-9(3)4)14-10(5)6;1-7(2)11-10(12-8(3)4)13-9(5)6;1-7(2)9-11(5,6)10-8(3)4/h13-18H,1-12H3;9-11H,8H2,1-7H3;9-12H,1-8H3;8-10H,1-7H3;7-10H,1-6H3;7-8H,1-6H3. The second-order valence-corrected chi connectivity index (χ2v) is 46.6. The first-order valence-electron chi connectivity index (χ1n) is 35.6. The summed E-state index contributed by atoms with van der Waals surface area (Å²) in [7, 11) is -8.71. The Morgan fingerprint density at radius 2 is 0.429 bits per heavy atom. The van der Waals surface area contributed by atoms with Crippen molar-refractivity contribution in [3.8, 4) is 0 Å². The molecule has 0 saturated heterocycles. The summed E-state index contributed by atoms with van der Waals surface area (Å²) in [6, 6.07) is 0. The molecule has 20 heteroatoms. The Balaban J connectivity index is -0.000000242. The lowest BCUT2D eigenvalue weighted by atomic mass is 10.3. The van der Waals surface area contributed by atoms with Crippen molar-refractivity contribution in [1.29, 1.82) is 0 Å². The summed E-state index contributed by atoms with van der Waals surface area (Å²) < 4.78 is 94.4. The lowest BCUT2D eigenvalue weighted by Crippen LogP contribution is -2.62. The van der Waals surface area contributed by atoms with E-state index in [0.717, 1.165) is 0 Å². The third-order valence-electron chi connectivity index (χ3n) is 12.0. The Labute approximate surface area is 572 Å². The van der Waals surface area contributed by atoms with Crippen molar-refractivity contribution in [3.63, 3.8) is 0 Å². The molecule has 0 aliphatic carbocycles. The SMILES string of the molecule is CC(C)OC(C)(OC(C)C)OC(C)C.CC(C)OC(OC(C)C)OC(C)C.CC(C)O[Si](C)(C)OC(C)C.CC(C)O[Si](OC(C)C)(C(C)C)C(C)C.CC(C)O[Si](O[Si](OC(C)C)(C(C)C)C(C)C)(C(C)C)C(C)C.CCC(OC(C)C)(OC(C)C)OC(C)C. The van der Waals surface area contributed by atoms with E-state index in [4.69, 9.17) is 73.3 Å². The van der Waals surface area contributed by atoms with Crippen LogP contribution in [-0.2, 0) is 73.3 Å². The highest BCUT2D eigenvalue weighted by Crippen LogP contribution is 2.45. The van der Waals surface area contributed by atoms with Crippen molar-refractivity contribution in [2.24, 2.45) is 0 Å². The molecule has 0 rings (SSSR count). The lowest BCUT2D eigenvalue weighted by molar-refractivity contribution is -0.410. The summed E-state index contributed by atoms with van der Waals surface area (Å²) in [4.78, 5) is 0. The molecule has 0 N–H and O–H groups in total. The zero-order valence-electron chi connectivity index (χ0n) is 68.9. The maximum Gasteiger partial charge on any atom is 0.343 e. The van der Waals surface area contributed by atoms with Crippen LogP contribution in [0.5, 0.6) is 0 Å². The van der Waals surface area contributed by atoms with Gasteiger partial charge in [0.05, 0.1) is 54.9 Å². The molecule has 0 bridgehead atoms. The number of ether oxygens (including phenoxy) is 9. The van der Waals surface area contributed by atoms with E-state index in [9.17, 15) is 0 Å². The molecule has 0 fully saturated rings. The van der Waals surface area contributed by atoms with Crippen molar-refractivity contribution in [1.82, 2.24) is 0 Å². The molecule has 0 heterocycles. The largest absolute Gasteiger partial charge is 0.414 e. The molecule has 0 amide bonds. The fourth-order valence-corrected chi connectivity index (χ4v) is 27.7. The zero-order chi connectivity index (χ0) is 73.7. The summed E-state index contributed by atoms with van der Waals surface area (Å²) in [6.07, 6.45) is 2.92. The van der Waals surface area contributed by atoms with Gasteiger partial charge in [-0.25, -0.2) is 0 Å². The molecule has 558 valence electrons. The van der Waals surface area contributed by atoms with E-state index in [1.54, 1.807) is 0 Å². The third-order valence-corrected chi connectivity index (χ3v) is 29.7. The molecular weight excluding hydrogens is 1220 g/mol. The molecule has 0 unspecified atom stereocenters. The second kappa shape index (κ2) is 50.5. The number of rotatable bonds is 39. The first-order chi connectivity index (χ1) is 40.8. The van der Waals surface area contributed by atoms with Gasteiger partial charge in [0.1, 0.15) is 0 Å². The van der Waals surface area contributed by atoms with Crippen LogP contribution in [0.15, 0.2) is 0 Å². The highest BCUT2D eigenvalue weighted by Gasteiger charge is 2.57. The minimum Gasteiger partial charge on any atom is -0.414 e. The van der Waals surface area contributed by atoms with Gasteiger partial charge in [0.15, 0.2) is 0 Å². The van der Waals surface area contributed by atoms with Crippen LogP contribution in [0.3, 0.4) is 0 Å². The van der Waals surface area contributed by atoms with Crippen LogP contribution >= 0.6 is 0 Å². The van der Waals surface area contributed by atoms with Gasteiger partial charge < -0.3 is 73.3 Å². The molecule has 0 aliphatic heterocycles. The van der Waals surface area contributed by atoms with Gasteiger partial charge in [-0.1, -0.05) is 90.0 Å². The minimum absolute atomic E-state index is 0.0810. The molecule has 0 aliphatic rings. The van der Waals surface area contributed by atoms with E-state index in [1.807, 2.05) is 166 Å². The molecule has 0 aromatic rings. The Hall–Kier alpha value is 0.228. The van der Waals surface area contributed by atoms with Gasteiger partial charge in [-0.05, 0) is 254 Å². The van der Waals surface area contributed by atoms with Crippen LogP contribution in [0.4, 0.5) is 0 Å². The number of hydrogen-bond donors (Lipinski definition) is 0. The van der Waals surface area contributed by atoms with E-state index in [2.05, 4.69) is 152 Å². The summed E-state index contributed by atoms with van der Waals surface area (Å²) in [6.45, 7) is 94.8.